The van der Waals surface area contributed by atoms with Crippen LogP contribution >= 0.6 is 11.3 Å². The van der Waals surface area contributed by atoms with E-state index < -0.39 is 17.7 Å². The number of ketones is 1. The average Bonchev–Trinajstić information content (AvgIpc) is 3.44. The lowest BCUT2D eigenvalue weighted by Crippen LogP contribution is -2.29. The van der Waals surface area contributed by atoms with Gasteiger partial charge in [0.15, 0.2) is 16.6 Å². The van der Waals surface area contributed by atoms with E-state index in [1.54, 1.807) is 29.8 Å². The second kappa shape index (κ2) is 8.29. The number of nitrogens with zero attached hydrogens (tertiary/aromatic N) is 2. The van der Waals surface area contributed by atoms with Gasteiger partial charge in [0.05, 0.1) is 11.6 Å². The molecule has 2 aliphatic rings. The molecule has 1 N–H and O–H groups in total. The smallest absolute Gasteiger partial charge is 0.301 e. The van der Waals surface area contributed by atoms with Gasteiger partial charge in [0, 0.05) is 17.1 Å². The SMILES string of the molecule is CC(C)(C)c1ccc(C2/C(=C(\O)c3ccc4c(c3)OCCO4)C(=O)C(=O)N2c2nccs2)cc1. The first-order valence-corrected chi connectivity index (χ1v) is 11.8. The number of carbonyl (C=O) groups excluding carboxylic acids is 2. The number of aromatic nitrogens is 1. The molecule has 1 saturated heterocycles. The van der Waals surface area contributed by atoms with Gasteiger partial charge in [-0.3, -0.25) is 14.5 Å². The van der Waals surface area contributed by atoms with Gasteiger partial charge in [-0.15, -0.1) is 11.3 Å². The highest BCUT2D eigenvalue weighted by Crippen LogP contribution is 2.44. The molecular formula is C26H24N2O5S. The number of hydrogen-bond donors (Lipinski definition) is 1. The summed E-state index contributed by atoms with van der Waals surface area (Å²) in [5.74, 6) is -0.693. The molecule has 0 aliphatic carbocycles. The quantitative estimate of drug-likeness (QED) is 0.331. The van der Waals surface area contributed by atoms with Gasteiger partial charge in [-0.1, -0.05) is 45.0 Å². The Balaban J connectivity index is 1.66. The highest BCUT2D eigenvalue weighted by Gasteiger charge is 2.48. The number of thiazole rings is 1. The van der Waals surface area contributed by atoms with E-state index in [9.17, 15) is 14.7 Å². The van der Waals surface area contributed by atoms with Crippen LogP contribution in [0, 0.1) is 0 Å². The Labute approximate surface area is 201 Å². The predicted octanol–water partition coefficient (Wildman–Crippen LogP) is 4.84. The Kier molecular flexibility index (Phi) is 5.40. The zero-order valence-corrected chi connectivity index (χ0v) is 19.9. The zero-order valence-electron chi connectivity index (χ0n) is 19.1. The van der Waals surface area contributed by atoms with Crippen LogP contribution in [-0.2, 0) is 15.0 Å². The van der Waals surface area contributed by atoms with Gasteiger partial charge in [-0.2, -0.15) is 0 Å². The lowest BCUT2D eigenvalue weighted by atomic mass is 9.85. The normalized spacial score (nSPS) is 19.5. The third-order valence-electron chi connectivity index (χ3n) is 5.98. The van der Waals surface area contributed by atoms with Gasteiger partial charge in [0.25, 0.3) is 5.78 Å². The summed E-state index contributed by atoms with van der Waals surface area (Å²) in [4.78, 5) is 32.0. The molecule has 2 aromatic carbocycles. The van der Waals surface area contributed by atoms with Crippen molar-refractivity contribution in [1.82, 2.24) is 4.98 Å². The number of benzene rings is 2. The third-order valence-corrected chi connectivity index (χ3v) is 6.75. The molecule has 3 heterocycles. The fraction of sp³-hybridized carbons (Fsp3) is 0.269. The first-order chi connectivity index (χ1) is 16.3. The summed E-state index contributed by atoms with van der Waals surface area (Å²) in [7, 11) is 0. The van der Waals surface area contributed by atoms with Crippen molar-refractivity contribution in [1.29, 1.82) is 0 Å². The monoisotopic (exact) mass is 476 g/mol. The number of ether oxygens (including phenoxy) is 2. The van der Waals surface area contributed by atoms with E-state index in [-0.39, 0.29) is 16.7 Å². The van der Waals surface area contributed by atoms with E-state index in [1.807, 2.05) is 24.3 Å². The molecule has 2 aliphatic heterocycles. The van der Waals surface area contributed by atoms with Crippen LogP contribution in [0.3, 0.4) is 0 Å². The van der Waals surface area contributed by atoms with Crippen molar-refractivity contribution in [2.45, 2.75) is 32.2 Å². The molecule has 1 aromatic heterocycles. The van der Waals surface area contributed by atoms with Crippen LogP contribution in [0.5, 0.6) is 11.5 Å². The second-order valence-corrected chi connectivity index (χ2v) is 10.1. The number of fused-ring (bicyclic) bond motifs is 1. The minimum atomic E-state index is -0.812. The van der Waals surface area contributed by atoms with Crippen molar-refractivity contribution < 1.29 is 24.2 Å². The fourth-order valence-electron chi connectivity index (χ4n) is 4.19. The molecular weight excluding hydrogens is 452 g/mol. The molecule has 0 bridgehead atoms. The van der Waals surface area contributed by atoms with E-state index in [0.29, 0.717) is 41.0 Å². The summed E-state index contributed by atoms with van der Waals surface area (Å²) in [6.45, 7) is 7.19. The van der Waals surface area contributed by atoms with Gasteiger partial charge in [0.2, 0.25) is 0 Å². The Morgan fingerprint density at radius 2 is 1.76 bits per heavy atom. The summed E-state index contributed by atoms with van der Waals surface area (Å²) in [5, 5.41) is 13.4. The van der Waals surface area contributed by atoms with Crippen LogP contribution in [-0.4, -0.2) is 35.0 Å². The highest BCUT2D eigenvalue weighted by molar-refractivity contribution is 7.14. The van der Waals surface area contributed by atoms with E-state index in [1.165, 1.54) is 16.2 Å². The summed E-state index contributed by atoms with van der Waals surface area (Å²) >= 11 is 1.26. The molecule has 8 heteroatoms. The Hall–Kier alpha value is -3.65. The molecule has 5 rings (SSSR count). The Morgan fingerprint density at radius 1 is 1.06 bits per heavy atom. The van der Waals surface area contributed by atoms with Crippen LogP contribution in [0.2, 0.25) is 0 Å². The molecule has 34 heavy (non-hydrogen) atoms. The average molecular weight is 477 g/mol. The number of Topliss-reactive ketones (excluding diaryl/α,β-unsaturated/α-hetero) is 1. The summed E-state index contributed by atoms with van der Waals surface area (Å²) < 4.78 is 11.2. The molecule has 1 amide bonds. The van der Waals surface area contributed by atoms with Crippen molar-refractivity contribution in [2.24, 2.45) is 0 Å². The van der Waals surface area contributed by atoms with Crippen molar-refractivity contribution in [3.63, 3.8) is 0 Å². The van der Waals surface area contributed by atoms with Crippen molar-refractivity contribution >= 4 is 33.9 Å². The third kappa shape index (κ3) is 3.74. The number of aliphatic hydroxyl groups excluding tert-OH is 1. The number of carbonyl (C=O) groups is 2. The van der Waals surface area contributed by atoms with Crippen molar-refractivity contribution in [2.75, 3.05) is 18.1 Å². The number of aliphatic hydroxyl groups is 1. The maximum atomic E-state index is 13.2. The summed E-state index contributed by atoms with van der Waals surface area (Å²) in [6.07, 6.45) is 1.58. The highest BCUT2D eigenvalue weighted by atomic mass is 32.1. The van der Waals surface area contributed by atoms with Gasteiger partial charge < -0.3 is 14.6 Å². The summed E-state index contributed by atoms with van der Waals surface area (Å²) in [5.41, 5.74) is 2.16. The van der Waals surface area contributed by atoms with Crippen molar-refractivity contribution in [3.05, 3.63) is 76.3 Å². The molecule has 1 fully saturated rings. The lowest BCUT2D eigenvalue weighted by molar-refractivity contribution is -0.132. The molecule has 0 saturated carbocycles. The van der Waals surface area contributed by atoms with Crippen LogP contribution in [0.15, 0.2) is 59.6 Å². The van der Waals surface area contributed by atoms with Gasteiger partial charge in [0.1, 0.15) is 19.0 Å². The minimum absolute atomic E-state index is 0.0142. The molecule has 1 unspecified atom stereocenters. The Morgan fingerprint density at radius 3 is 2.41 bits per heavy atom. The number of amides is 1. The van der Waals surface area contributed by atoms with E-state index in [2.05, 4.69) is 25.8 Å². The van der Waals surface area contributed by atoms with E-state index in [4.69, 9.17) is 9.47 Å². The van der Waals surface area contributed by atoms with Gasteiger partial charge >= 0.3 is 5.91 Å². The first kappa shape index (κ1) is 22.2. The Bertz CT molecular complexity index is 1290. The zero-order chi connectivity index (χ0) is 24.0. The second-order valence-electron chi connectivity index (χ2n) is 9.21. The maximum Gasteiger partial charge on any atom is 0.301 e. The number of rotatable bonds is 3. The van der Waals surface area contributed by atoms with Crippen LogP contribution in [0.1, 0.15) is 43.5 Å². The molecule has 0 radical (unpaired) electrons. The van der Waals surface area contributed by atoms with Crippen LogP contribution < -0.4 is 14.4 Å². The van der Waals surface area contributed by atoms with Gasteiger partial charge in [-0.25, -0.2) is 4.98 Å². The van der Waals surface area contributed by atoms with Crippen LogP contribution in [0.4, 0.5) is 5.13 Å². The number of anilines is 1. The first-order valence-electron chi connectivity index (χ1n) is 11.0. The van der Waals surface area contributed by atoms with E-state index in [0.717, 1.165) is 5.56 Å². The molecule has 7 nitrogen and oxygen atoms in total. The molecule has 0 spiro atoms. The fourth-order valence-corrected chi connectivity index (χ4v) is 4.86. The maximum absolute atomic E-state index is 13.2. The standard InChI is InChI=1S/C26H24N2O5S/c1-26(2,3)17-7-4-15(5-8-17)21-20(23(30)24(31)28(21)25-27-10-13-34-25)22(29)16-6-9-18-19(14-16)33-12-11-32-18/h4-10,13-14,21,29H,11-12H2,1-3H3/b22-20+. The minimum Gasteiger partial charge on any atom is -0.507 e. The van der Waals surface area contributed by atoms with E-state index >= 15 is 0 Å². The number of hydrogen-bond acceptors (Lipinski definition) is 7. The predicted molar refractivity (Wildman–Crippen MR) is 129 cm³/mol. The molecule has 174 valence electrons. The topological polar surface area (TPSA) is 89.0 Å². The van der Waals surface area contributed by atoms with Crippen molar-refractivity contribution in [3.8, 4) is 11.5 Å². The molecule has 3 aromatic rings. The lowest BCUT2D eigenvalue weighted by Gasteiger charge is -2.25. The largest absolute Gasteiger partial charge is 0.507 e. The summed E-state index contributed by atoms with van der Waals surface area (Å²) in [6, 6.07) is 11.9. The van der Waals surface area contributed by atoms with Crippen LogP contribution in [0.25, 0.3) is 5.76 Å². The van der Waals surface area contributed by atoms with Gasteiger partial charge in [-0.05, 0) is 34.7 Å². The molecule has 1 atom stereocenters.